The third-order valence-corrected chi connectivity index (χ3v) is 3.41. The Labute approximate surface area is 126 Å². The van der Waals surface area contributed by atoms with Crippen molar-refractivity contribution in [1.82, 2.24) is 9.97 Å². The average molecular weight is 285 g/mol. The van der Waals surface area contributed by atoms with Gasteiger partial charge in [-0.05, 0) is 43.5 Å². The fourth-order valence-electron chi connectivity index (χ4n) is 2.38. The molecule has 0 amide bonds. The lowest BCUT2D eigenvalue weighted by Gasteiger charge is -2.23. The number of anilines is 1. The van der Waals surface area contributed by atoms with Crippen molar-refractivity contribution in [2.45, 2.75) is 33.7 Å². The van der Waals surface area contributed by atoms with E-state index in [1.807, 2.05) is 32.0 Å². The molecule has 4 heteroatoms. The van der Waals surface area contributed by atoms with Crippen LogP contribution in [0.1, 0.15) is 36.8 Å². The summed E-state index contributed by atoms with van der Waals surface area (Å²) >= 11 is 0. The molecule has 0 spiro atoms. The Hall–Kier alpha value is -2.10. The largest absolute Gasteiger partial charge is 0.497 e. The summed E-state index contributed by atoms with van der Waals surface area (Å²) in [5.41, 5.74) is 3.15. The molecule has 2 rings (SSSR count). The van der Waals surface area contributed by atoms with Gasteiger partial charge in [0, 0.05) is 11.4 Å². The van der Waals surface area contributed by atoms with Crippen molar-refractivity contribution in [2.75, 3.05) is 12.4 Å². The molecule has 0 bridgehead atoms. The lowest BCUT2D eigenvalue weighted by Crippen LogP contribution is -2.18. The second kappa shape index (κ2) is 6.57. The topological polar surface area (TPSA) is 47.0 Å². The molecule has 0 saturated carbocycles. The highest BCUT2D eigenvalue weighted by molar-refractivity contribution is 5.36. The van der Waals surface area contributed by atoms with Gasteiger partial charge in [0.25, 0.3) is 0 Å². The molecular weight excluding hydrogens is 262 g/mol. The summed E-state index contributed by atoms with van der Waals surface area (Å²) in [6.07, 6.45) is 0. The summed E-state index contributed by atoms with van der Waals surface area (Å²) in [6, 6.07) is 10.3. The number of nitrogens with one attached hydrogen (secondary N) is 1. The third kappa shape index (κ3) is 3.94. The van der Waals surface area contributed by atoms with Gasteiger partial charge in [-0.2, -0.15) is 0 Å². The van der Waals surface area contributed by atoms with Crippen molar-refractivity contribution in [3.05, 3.63) is 47.3 Å². The summed E-state index contributed by atoms with van der Waals surface area (Å²) in [4.78, 5) is 8.94. The standard InChI is InChI=1S/C17H23N3O/c1-11(2)16(14-6-8-15(21-5)9-7-14)20-17-18-12(3)10-13(4)19-17/h6-11,16H,1-5H3,(H,18,19,20). The Morgan fingerprint density at radius 1 is 1.00 bits per heavy atom. The summed E-state index contributed by atoms with van der Waals surface area (Å²) in [7, 11) is 1.68. The van der Waals surface area contributed by atoms with E-state index >= 15 is 0 Å². The number of hydrogen-bond donors (Lipinski definition) is 1. The number of rotatable bonds is 5. The Balaban J connectivity index is 2.26. The van der Waals surface area contributed by atoms with Crippen LogP contribution in [-0.4, -0.2) is 17.1 Å². The van der Waals surface area contributed by atoms with Gasteiger partial charge in [-0.1, -0.05) is 26.0 Å². The Kier molecular flexibility index (Phi) is 4.78. The first kappa shape index (κ1) is 15.3. The molecule has 1 unspecified atom stereocenters. The molecule has 0 saturated heterocycles. The van der Waals surface area contributed by atoms with Gasteiger partial charge in [0.15, 0.2) is 0 Å². The van der Waals surface area contributed by atoms with Gasteiger partial charge >= 0.3 is 0 Å². The van der Waals surface area contributed by atoms with Gasteiger partial charge in [-0.25, -0.2) is 9.97 Å². The maximum Gasteiger partial charge on any atom is 0.223 e. The zero-order chi connectivity index (χ0) is 15.4. The molecule has 1 aromatic heterocycles. The van der Waals surface area contributed by atoms with Crippen LogP contribution >= 0.6 is 0 Å². The van der Waals surface area contributed by atoms with Gasteiger partial charge in [-0.3, -0.25) is 0 Å². The zero-order valence-corrected chi connectivity index (χ0v) is 13.3. The van der Waals surface area contributed by atoms with Crippen LogP contribution in [0, 0.1) is 19.8 Å². The van der Waals surface area contributed by atoms with Gasteiger partial charge in [0.1, 0.15) is 5.75 Å². The smallest absolute Gasteiger partial charge is 0.223 e. The molecule has 1 N–H and O–H groups in total. The minimum Gasteiger partial charge on any atom is -0.497 e. The predicted octanol–water partition coefficient (Wildman–Crippen LogP) is 3.91. The summed E-state index contributed by atoms with van der Waals surface area (Å²) in [5, 5.41) is 3.45. The van der Waals surface area contributed by atoms with E-state index in [1.54, 1.807) is 7.11 Å². The molecule has 21 heavy (non-hydrogen) atoms. The van der Waals surface area contributed by atoms with Gasteiger partial charge in [0.2, 0.25) is 5.95 Å². The number of benzene rings is 1. The van der Waals surface area contributed by atoms with Crippen LogP contribution in [0.4, 0.5) is 5.95 Å². The molecule has 2 aromatic rings. The molecule has 0 aliphatic heterocycles. The number of aryl methyl sites for hydroxylation is 2. The van der Waals surface area contributed by atoms with Crippen LogP contribution in [0.5, 0.6) is 5.75 Å². The van der Waals surface area contributed by atoms with E-state index in [9.17, 15) is 0 Å². The second-order valence-electron chi connectivity index (χ2n) is 5.61. The average Bonchev–Trinajstić information content (AvgIpc) is 2.43. The first-order valence-electron chi connectivity index (χ1n) is 7.22. The van der Waals surface area contributed by atoms with E-state index in [-0.39, 0.29) is 6.04 Å². The maximum atomic E-state index is 5.21. The van der Waals surface area contributed by atoms with Gasteiger partial charge in [-0.15, -0.1) is 0 Å². The number of methoxy groups -OCH3 is 1. The number of nitrogens with zero attached hydrogens (tertiary/aromatic N) is 2. The van der Waals surface area contributed by atoms with Crippen molar-refractivity contribution in [3.63, 3.8) is 0 Å². The monoisotopic (exact) mass is 285 g/mol. The van der Waals surface area contributed by atoms with Gasteiger partial charge < -0.3 is 10.1 Å². The predicted molar refractivity (Wildman–Crippen MR) is 85.7 cm³/mol. The van der Waals surface area contributed by atoms with Crippen LogP contribution in [0.2, 0.25) is 0 Å². The lowest BCUT2D eigenvalue weighted by molar-refractivity contribution is 0.414. The summed E-state index contributed by atoms with van der Waals surface area (Å²) in [5.74, 6) is 1.97. The van der Waals surface area contributed by atoms with E-state index in [2.05, 4.69) is 41.3 Å². The van der Waals surface area contributed by atoms with Crippen molar-refractivity contribution in [1.29, 1.82) is 0 Å². The number of aromatic nitrogens is 2. The molecule has 1 heterocycles. The fourth-order valence-corrected chi connectivity index (χ4v) is 2.38. The highest BCUT2D eigenvalue weighted by Crippen LogP contribution is 2.26. The van der Waals surface area contributed by atoms with Crippen molar-refractivity contribution in [3.8, 4) is 5.75 Å². The summed E-state index contributed by atoms with van der Waals surface area (Å²) in [6.45, 7) is 8.34. The molecule has 0 radical (unpaired) electrons. The molecule has 4 nitrogen and oxygen atoms in total. The van der Waals surface area contributed by atoms with Crippen LogP contribution in [0.3, 0.4) is 0 Å². The lowest BCUT2D eigenvalue weighted by atomic mass is 9.96. The second-order valence-corrected chi connectivity index (χ2v) is 5.61. The molecule has 1 aromatic carbocycles. The first-order chi connectivity index (χ1) is 9.99. The molecule has 112 valence electrons. The molecule has 0 aliphatic carbocycles. The van der Waals surface area contributed by atoms with Crippen LogP contribution in [0.25, 0.3) is 0 Å². The molecular formula is C17H23N3O. The van der Waals surface area contributed by atoms with Crippen molar-refractivity contribution in [2.24, 2.45) is 5.92 Å². The zero-order valence-electron chi connectivity index (χ0n) is 13.3. The van der Waals surface area contributed by atoms with Crippen LogP contribution in [-0.2, 0) is 0 Å². The van der Waals surface area contributed by atoms with E-state index in [1.165, 1.54) is 5.56 Å². The normalized spacial score (nSPS) is 12.3. The Bertz CT molecular complexity index is 573. The molecule has 1 atom stereocenters. The maximum absolute atomic E-state index is 5.21. The van der Waals surface area contributed by atoms with Crippen molar-refractivity contribution < 1.29 is 4.74 Å². The van der Waals surface area contributed by atoms with Crippen LogP contribution in [0.15, 0.2) is 30.3 Å². The Morgan fingerprint density at radius 2 is 1.57 bits per heavy atom. The fraction of sp³-hybridized carbons (Fsp3) is 0.412. The highest BCUT2D eigenvalue weighted by Gasteiger charge is 2.17. The SMILES string of the molecule is COc1ccc(C(Nc2nc(C)cc(C)n2)C(C)C)cc1. The highest BCUT2D eigenvalue weighted by atomic mass is 16.5. The quantitative estimate of drug-likeness (QED) is 0.904. The molecule has 0 aliphatic rings. The number of hydrogen-bond acceptors (Lipinski definition) is 4. The minimum atomic E-state index is 0.164. The third-order valence-electron chi connectivity index (χ3n) is 3.41. The Morgan fingerprint density at radius 3 is 2.05 bits per heavy atom. The van der Waals surface area contributed by atoms with E-state index < -0.39 is 0 Å². The van der Waals surface area contributed by atoms with E-state index in [0.29, 0.717) is 11.9 Å². The van der Waals surface area contributed by atoms with Crippen molar-refractivity contribution >= 4 is 5.95 Å². The van der Waals surface area contributed by atoms with E-state index in [4.69, 9.17) is 4.74 Å². The summed E-state index contributed by atoms with van der Waals surface area (Å²) < 4.78 is 5.21. The first-order valence-corrected chi connectivity index (χ1v) is 7.22. The van der Waals surface area contributed by atoms with Gasteiger partial charge in [0.05, 0.1) is 13.2 Å². The van der Waals surface area contributed by atoms with Crippen LogP contribution < -0.4 is 10.1 Å². The molecule has 0 fully saturated rings. The minimum absolute atomic E-state index is 0.164. The van der Waals surface area contributed by atoms with E-state index in [0.717, 1.165) is 17.1 Å². The number of ether oxygens (including phenoxy) is 1.